The molecule has 1 aromatic heterocycles. The van der Waals surface area contributed by atoms with Crippen molar-refractivity contribution in [1.82, 2.24) is 10.2 Å². The molecule has 4 nitrogen and oxygen atoms in total. The SMILES string of the molecule is O=C(CN(Cc1cccs1)C[C@H]1CCCO1)NCCc1ccccc1. The van der Waals surface area contributed by atoms with Crippen LogP contribution in [0.2, 0.25) is 0 Å². The Labute approximate surface area is 153 Å². The summed E-state index contributed by atoms with van der Waals surface area (Å²) in [5.74, 6) is 0.0884. The molecule has 2 aromatic rings. The average Bonchev–Trinajstić information content (AvgIpc) is 3.30. The Morgan fingerprint density at radius 1 is 1.24 bits per heavy atom. The average molecular weight is 359 g/mol. The van der Waals surface area contributed by atoms with E-state index in [1.165, 1.54) is 10.4 Å². The lowest BCUT2D eigenvalue weighted by Gasteiger charge is -2.24. The minimum absolute atomic E-state index is 0.0884. The van der Waals surface area contributed by atoms with Crippen molar-refractivity contribution in [2.45, 2.75) is 31.9 Å². The van der Waals surface area contributed by atoms with Crippen molar-refractivity contribution < 1.29 is 9.53 Å². The van der Waals surface area contributed by atoms with Crippen molar-refractivity contribution in [3.8, 4) is 0 Å². The maximum atomic E-state index is 12.4. The Morgan fingerprint density at radius 2 is 2.12 bits per heavy atom. The maximum absolute atomic E-state index is 12.4. The minimum Gasteiger partial charge on any atom is -0.377 e. The van der Waals surface area contributed by atoms with Gasteiger partial charge in [0.05, 0.1) is 12.6 Å². The summed E-state index contributed by atoms with van der Waals surface area (Å²) >= 11 is 1.74. The van der Waals surface area contributed by atoms with Crippen molar-refractivity contribution in [3.63, 3.8) is 0 Å². The summed E-state index contributed by atoms with van der Waals surface area (Å²) in [4.78, 5) is 15.9. The molecule has 0 spiro atoms. The molecule has 2 heterocycles. The van der Waals surface area contributed by atoms with Gasteiger partial charge in [0, 0.05) is 31.1 Å². The number of benzene rings is 1. The molecule has 0 saturated carbocycles. The number of rotatable bonds is 9. The molecular formula is C20H26N2O2S. The lowest BCUT2D eigenvalue weighted by atomic mass is 10.1. The fourth-order valence-electron chi connectivity index (χ4n) is 3.13. The highest BCUT2D eigenvalue weighted by atomic mass is 32.1. The zero-order chi connectivity index (χ0) is 17.3. The molecular weight excluding hydrogens is 332 g/mol. The van der Waals surface area contributed by atoms with E-state index in [9.17, 15) is 4.79 Å². The highest BCUT2D eigenvalue weighted by Gasteiger charge is 2.21. The van der Waals surface area contributed by atoms with Crippen LogP contribution in [0.25, 0.3) is 0 Å². The van der Waals surface area contributed by atoms with Crippen LogP contribution in [-0.4, -0.2) is 43.2 Å². The van der Waals surface area contributed by atoms with Gasteiger partial charge >= 0.3 is 0 Å². The number of hydrogen-bond acceptors (Lipinski definition) is 4. The number of thiophene rings is 1. The fraction of sp³-hybridized carbons (Fsp3) is 0.450. The van der Waals surface area contributed by atoms with Crippen LogP contribution in [0.3, 0.4) is 0 Å². The van der Waals surface area contributed by atoms with Crippen LogP contribution in [0.1, 0.15) is 23.3 Å². The summed E-state index contributed by atoms with van der Waals surface area (Å²) in [7, 11) is 0. The molecule has 3 rings (SSSR count). The topological polar surface area (TPSA) is 41.6 Å². The van der Waals surface area contributed by atoms with Crippen molar-refractivity contribution in [2.24, 2.45) is 0 Å². The molecule has 1 atom stereocenters. The molecule has 0 aliphatic carbocycles. The Bertz CT molecular complexity index is 624. The van der Waals surface area contributed by atoms with E-state index in [2.05, 4.69) is 39.9 Å². The van der Waals surface area contributed by atoms with Crippen LogP contribution < -0.4 is 5.32 Å². The number of nitrogens with zero attached hydrogens (tertiary/aromatic N) is 1. The van der Waals surface area contributed by atoms with Crippen molar-refractivity contribution in [2.75, 3.05) is 26.2 Å². The van der Waals surface area contributed by atoms with Crippen molar-refractivity contribution in [3.05, 3.63) is 58.3 Å². The monoisotopic (exact) mass is 358 g/mol. The van der Waals surface area contributed by atoms with Gasteiger partial charge in [-0.2, -0.15) is 0 Å². The lowest BCUT2D eigenvalue weighted by molar-refractivity contribution is -0.122. The largest absolute Gasteiger partial charge is 0.377 e. The van der Waals surface area contributed by atoms with Gasteiger partial charge in [-0.15, -0.1) is 11.3 Å². The number of ether oxygens (including phenoxy) is 1. The predicted molar refractivity (Wildman–Crippen MR) is 102 cm³/mol. The van der Waals surface area contributed by atoms with Gasteiger partial charge in [0.2, 0.25) is 5.91 Å². The first-order chi connectivity index (χ1) is 12.3. The van der Waals surface area contributed by atoms with Gasteiger partial charge in [0.1, 0.15) is 0 Å². The van der Waals surface area contributed by atoms with Gasteiger partial charge in [-0.3, -0.25) is 9.69 Å². The molecule has 0 bridgehead atoms. The quantitative estimate of drug-likeness (QED) is 0.749. The van der Waals surface area contributed by atoms with Crippen molar-refractivity contribution in [1.29, 1.82) is 0 Å². The standard InChI is InChI=1S/C20H26N2O2S/c23-20(21-11-10-17-6-2-1-3-7-17)16-22(14-18-8-4-12-24-18)15-19-9-5-13-25-19/h1-3,5-7,9,13,18H,4,8,10-12,14-16H2,(H,21,23)/t18-/m1/s1. The Kier molecular flexibility index (Phi) is 7.03. The minimum atomic E-state index is 0.0884. The number of hydrogen-bond donors (Lipinski definition) is 1. The number of carbonyl (C=O) groups excluding carboxylic acids is 1. The third-order valence-corrected chi connectivity index (χ3v) is 5.25. The summed E-state index contributed by atoms with van der Waals surface area (Å²) in [6.07, 6.45) is 3.35. The van der Waals surface area contributed by atoms with Gasteiger partial charge in [-0.1, -0.05) is 36.4 Å². The van der Waals surface area contributed by atoms with E-state index in [0.717, 1.165) is 39.0 Å². The summed E-state index contributed by atoms with van der Waals surface area (Å²) in [6.45, 7) is 3.58. The normalized spacial score (nSPS) is 17.1. The van der Waals surface area contributed by atoms with E-state index in [0.29, 0.717) is 13.1 Å². The molecule has 1 amide bonds. The smallest absolute Gasteiger partial charge is 0.234 e. The molecule has 1 aliphatic rings. The third kappa shape index (κ3) is 6.27. The molecule has 0 unspecified atom stereocenters. The summed E-state index contributed by atoms with van der Waals surface area (Å²) in [6, 6.07) is 14.4. The van der Waals surface area contributed by atoms with Crippen LogP contribution in [0.15, 0.2) is 47.8 Å². The van der Waals surface area contributed by atoms with Crippen LogP contribution >= 0.6 is 11.3 Å². The van der Waals surface area contributed by atoms with Crippen LogP contribution in [-0.2, 0) is 22.5 Å². The Hall–Kier alpha value is -1.69. The van der Waals surface area contributed by atoms with E-state index in [1.54, 1.807) is 11.3 Å². The number of nitrogens with one attached hydrogen (secondary N) is 1. The molecule has 134 valence electrons. The summed E-state index contributed by atoms with van der Waals surface area (Å²) in [5.41, 5.74) is 1.25. The number of amides is 1. The second kappa shape index (κ2) is 9.70. The molecule has 0 radical (unpaired) electrons. The van der Waals surface area contributed by atoms with Crippen LogP contribution in [0.5, 0.6) is 0 Å². The molecule has 5 heteroatoms. The zero-order valence-corrected chi connectivity index (χ0v) is 15.3. The zero-order valence-electron chi connectivity index (χ0n) is 14.5. The highest BCUT2D eigenvalue weighted by molar-refractivity contribution is 7.09. The third-order valence-electron chi connectivity index (χ3n) is 4.39. The first kappa shape index (κ1) is 18.1. The maximum Gasteiger partial charge on any atom is 0.234 e. The van der Waals surface area contributed by atoms with Crippen LogP contribution in [0, 0.1) is 0 Å². The van der Waals surface area contributed by atoms with Gasteiger partial charge in [0.25, 0.3) is 0 Å². The molecule has 1 aromatic carbocycles. The Balaban J connectivity index is 1.46. The summed E-state index contributed by atoms with van der Waals surface area (Å²) < 4.78 is 5.75. The van der Waals surface area contributed by atoms with Gasteiger partial charge in [-0.25, -0.2) is 0 Å². The number of carbonyl (C=O) groups is 1. The van der Waals surface area contributed by atoms with E-state index in [1.807, 2.05) is 18.2 Å². The van der Waals surface area contributed by atoms with Gasteiger partial charge < -0.3 is 10.1 Å². The molecule has 1 N–H and O–H groups in total. The van der Waals surface area contributed by atoms with E-state index in [4.69, 9.17) is 4.74 Å². The first-order valence-electron chi connectivity index (χ1n) is 8.96. The summed E-state index contributed by atoms with van der Waals surface area (Å²) in [5, 5.41) is 5.13. The first-order valence-corrected chi connectivity index (χ1v) is 9.84. The van der Waals surface area contributed by atoms with Crippen LogP contribution in [0.4, 0.5) is 0 Å². The van der Waals surface area contributed by atoms with E-state index in [-0.39, 0.29) is 12.0 Å². The van der Waals surface area contributed by atoms with Gasteiger partial charge in [-0.05, 0) is 36.3 Å². The molecule has 25 heavy (non-hydrogen) atoms. The second-order valence-electron chi connectivity index (χ2n) is 6.47. The second-order valence-corrected chi connectivity index (χ2v) is 7.50. The van der Waals surface area contributed by atoms with E-state index < -0.39 is 0 Å². The highest BCUT2D eigenvalue weighted by Crippen LogP contribution is 2.17. The molecule has 1 fully saturated rings. The lowest BCUT2D eigenvalue weighted by Crippen LogP contribution is -2.40. The van der Waals surface area contributed by atoms with Crippen molar-refractivity contribution >= 4 is 17.2 Å². The Morgan fingerprint density at radius 3 is 2.84 bits per heavy atom. The fourth-order valence-corrected chi connectivity index (χ4v) is 3.88. The van der Waals surface area contributed by atoms with E-state index >= 15 is 0 Å². The van der Waals surface area contributed by atoms with Gasteiger partial charge in [0.15, 0.2) is 0 Å². The predicted octanol–water partition coefficient (Wildman–Crippen LogP) is 3.09. The molecule has 1 saturated heterocycles. The molecule has 1 aliphatic heterocycles.